The van der Waals surface area contributed by atoms with Gasteiger partial charge in [0, 0.05) is 22.7 Å². The first-order chi connectivity index (χ1) is 12.4. The van der Waals surface area contributed by atoms with E-state index in [2.05, 4.69) is 32.9 Å². The highest BCUT2D eigenvalue weighted by Crippen LogP contribution is 2.29. The van der Waals surface area contributed by atoms with E-state index in [9.17, 15) is 14.0 Å². The molecule has 26 heavy (non-hydrogen) atoms. The summed E-state index contributed by atoms with van der Waals surface area (Å²) in [6.45, 7) is 0. The van der Waals surface area contributed by atoms with Gasteiger partial charge < -0.3 is 5.32 Å². The summed E-state index contributed by atoms with van der Waals surface area (Å²) in [6.07, 6.45) is 0.0970. The van der Waals surface area contributed by atoms with Crippen molar-refractivity contribution in [3.05, 3.63) is 57.9 Å². The number of carbonyl (C=O) groups excluding carboxylic acids is 2. The van der Waals surface area contributed by atoms with Crippen molar-refractivity contribution < 1.29 is 14.0 Å². The maximum Gasteiger partial charge on any atom is 0.238 e. The van der Waals surface area contributed by atoms with Gasteiger partial charge in [-0.05, 0) is 71.1 Å². The Morgan fingerprint density at radius 3 is 2.54 bits per heavy atom. The molecule has 2 amide bonds. The Bertz CT molecular complexity index is 856. The maximum atomic E-state index is 13.0. The highest BCUT2D eigenvalue weighted by Gasteiger charge is 2.34. The number of amides is 2. The molecule has 0 aromatic heterocycles. The molecule has 1 N–H and O–H groups in total. The molecule has 3 rings (SSSR count). The van der Waals surface area contributed by atoms with Crippen LogP contribution in [0, 0.1) is 9.39 Å². The van der Waals surface area contributed by atoms with Crippen LogP contribution in [0.5, 0.6) is 0 Å². The van der Waals surface area contributed by atoms with Gasteiger partial charge in [-0.3, -0.25) is 14.5 Å². The third-order valence-electron chi connectivity index (χ3n) is 3.72. The summed E-state index contributed by atoms with van der Waals surface area (Å²) in [4.78, 5) is 30.6. The molecule has 1 saturated heterocycles. The first kappa shape index (κ1) is 18.8. The monoisotopic (exact) mass is 483 g/mol. The quantitative estimate of drug-likeness (QED) is 0.672. The van der Waals surface area contributed by atoms with Gasteiger partial charge in [-0.1, -0.05) is 11.8 Å². The molecule has 0 spiro atoms. The fourth-order valence-electron chi connectivity index (χ4n) is 2.28. The number of aliphatic imine (C=N–C) groups is 1. The number of nitrogens with zero attached hydrogens (tertiary/aromatic N) is 2. The summed E-state index contributed by atoms with van der Waals surface area (Å²) in [5.41, 5.74) is 1.20. The fraction of sp³-hybridized carbons (Fsp3) is 0.167. The van der Waals surface area contributed by atoms with Gasteiger partial charge in [0.15, 0.2) is 5.17 Å². The van der Waals surface area contributed by atoms with Crippen molar-refractivity contribution in [1.82, 2.24) is 4.90 Å². The second kappa shape index (κ2) is 8.17. The van der Waals surface area contributed by atoms with Crippen LogP contribution in [-0.2, 0) is 9.59 Å². The molecule has 0 radical (unpaired) electrons. The summed E-state index contributed by atoms with van der Waals surface area (Å²) in [7, 11) is 1.62. The van der Waals surface area contributed by atoms with Gasteiger partial charge in [0.25, 0.3) is 0 Å². The molecule has 1 atom stereocenters. The Labute approximate surface area is 168 Å². The zero-order valence-electron chi connectivity index (χ0n) is 13.8. The molecule has 8 heteroatoms. The Balaban J connectivity index is 1.76. The zero-order chi connectivity index (χ0) is 18.7. The number of nitrogens with one attached hydrogen (secondary N) is 1. The van der Waals surface area contributed by atoms with E-state index in [-0.39, 0.29) is 24.1 Å². The third kappa shape index (κ3) is 4.61. The van der Waals surface area contributed by atoms with Crippen molar-refractivity contribution in [2.75, 3.05) is 12.4 Å². The molecule has 134 valence electrons. The molecule has 2 aromatic rings. The largest absolute Gasteiger partial charge is 0.325 e. The van der Waals surface area contributed by atoms with Crippen molar-refractivity contribution in [1.29, 1.82) is 0 Å². The number of carbonyl (C=O) groups is 2. The van der Waals surface area contributed by atoms with Crippen molar-refractivity contribution in [2.45, 2.75) is 11.7 Å². The lowest BCUT2D eigenvalue weighted by molar-refractivity contribution is -0.128. The Morgan fingerprint density at radius 2 is 1.88 bits per heavy atom. The van der Waals surface area contributed by atoms with Gasteiger partial charge in [-0.15, -0.1) is 0 Å². The predicted molar refractivity (Wildman–Crippen MR) is 110 cm³/mol. The van der Waals surface area contributed by atoms with Crippen LogP contribution in [0.15, 0.2) is 53.5 Å². The standard InChI is InChI=1S/C18H15FIN3O2S/c1-23-16(24)10-15(17(25)21-13-8-4-12(20)5-9-13)26-18(23)22-14-6-2-11(19)3-7-14/h2-9,15H,10H2,1H3,(H,21,25)/t15-/m0/s1. The lowest BCUT2D eigenvalue weighted by Gasteiger charge is -2.28. The second-order valence-electron chi connectivity index (χ2n) is 5.63. The fourth-order valence-corrected chi connectivity index (χ4v) is 3.70. The van der Waals surface area contributed by atoms with Crippen LogP contribution in [0.4, 0.5) is 15.8 Å². The van der Waals surface area contributed by atoms with Crippen LogP contribution >= 0.6 is 34.4 Å². The van der Waals surface area contributed by atoms with Gasteiger partial charge in [0.05, 0.1) is 5.69 Å². The number of rotatable bonds is 3. The summed E-state index contributed by atoms with van der Waals surface area (Å²) in [6, 6.07) is 13.1. The Hall–Kier alpha value is -1.94. The minimum Gasteiger partial charge on any atom is -0.325 e. The first-order valence-electron chi connectivity index (χ1n) is 7.76. The van der Waals surface area contributed by atoms with Crippen molar-refractivity contribution in [2.24, 2.45) is 4.99 Å². The topological polar surface area (TPSA) is 61.8 Å². The van der Waals surface area contributed by atoms with Crippen molar-refractivity contribution >= 4 is 62.7 Å². The predicted octanol–water partition coefficient (Wildman–Crippen LogP) is 4.02. The second-order valence-corrected chi connectivity index (χ2v) is 8.05. The summed E-state index contributed by atoms with van der Waals surface area (Å²) < 4.78 is 14.1. The smallest absolute Gasteiger partial charge is 0.238 e. The summed E-state index contributed by atoms with van der Waals surface area (Å²) in [5.74, 6) is -0.790. The van der Waals surface area contributed by atoms with Gasteiger partial charge in [0.1, 0.15) is 11.1 Å². The molecule has 1 heterocycles. The van der Waals surface area contributed by atoms with Gasteiger partial charge in [-0.2, -0.15) is 0 Å². The summed E-state index contributed by atoms with van der Waals surface area (Å²) >= 11 is 3.41. The molecule has 0 saturated carbocycles. The highest BCUT2D eigenvalue weighted by atomic mass is 127. The molecule has 2 aromatic carbocycles. The summed E-state index contributed by atoms with van der Waals surface area (Å²) in [5, 5.41) is 2.67. The molecule has 1 aliphatic heterocycles. The van der Waals surface area contributed by atoms with E-state index < -0.39 is 5.25 Å². The molecule has 1 aliphatic rings. The van der Waals surface area contributed by atoms with E-state index in [0.717, 1.165) is 3.57 Å². The van der Waals surface area contributed by atoms with E-state index in [4.69, 9.17) is 0 Å². The number of hydrogen-bond donors (Lipinski definition) is 1. The molecule has 1 fully saturated rings. The SMILES string of the molecule is CN1C(=O)C[C@@H](C(=O)Nc2ccc(I)cc2)SC1=Nc1ccc(F)cc1. The van der Waals surface area contributed by atoms with E-state index in [0.29, 0.717) is 16.5 Å². The molecule has 0 aliphatic carbocycles. The minimum atomic E-state index is -0.572. The van der Waals surface area contributed by atoms with E-state index in [1.807, 2.05) is 24.3 Å². The van der Waals surface area contributed by atoms with Gasteiger partial charge in [0.2, 0.25) is 11.8 Å². The molecular weight excluding hydrogens is 468 g/mol. The van der Waals surface area contributed by atoms with E-state index >= 15 is 0 Å². The van der Waals surface area contributed by atoms with Crippen LogP contribution in [0.1, 0.15) is 6.42 Å². The van der Waals surface area contributed by atoms with Gasteiger partial charge >= 0.3 is 0 Å². The van der Waals surface area contributed by atoms with Crippen LogP contribution in [0.3, 0.4) is 0 Å². The average molecular weight is 483 g/mol. The Morgan fingerprint density at radius 1 is 1.23 bits per heavy atom. The lowest BCUT2D eigenvalue weighted by Crippen LogP contribution is -2.43. The van der Waals surface area contributed by atoms with Gasteiger partial charge in [-0.25, -0.2) is 9.38 Å². The number of amidine groups is 1. The number of thioether (sulfide) groups is 1. The molecule has 0 unspecified atom stereocenters. The maximum absolute atomic E-state index is 13.0. The Kier molecular flexibility index (Phi) is 5.92. The third-order valence-corrected chi connectivity index (χ3v) is 5.68. The lowest BCUT2D eigenvalue weighted by atomic mass is 10.2. The van der Waals surface area contributed by atoms with E-state index in [1.54, 1.807) is 7.05 Å². The zero-order valence-corrected chi connectivity index (χ0v) is 16.8. The minimum absolute atomic E-state index is 0.0970. The molecular formula is C18H15FIN3O2S. The number of hydrogen-bond acceptors (Lipinski definition) is 4. The number of halogens is 2. The normalized spacial score (nSPS) is 18.9. The van der Waals surface area contributed by atoms with E-state index in [1.165, 1.54) is 40.9 Å². The number of anilines is 1. The average Bonchev–Trinajstić information content (AvgIpc) is 2.62. The van der Waals surface area contributed by atoms with Crippen LogP contribution < -0.4 is 5.32 Å². The number of benzene rings is 2. The highest BCUT2D eigenvalue weighted by molar-refractivity contribution is 14.1. The molecule has 5 nitrogen and oxygen atoms in total. The van der Waals surface area contributed by atoms with Crippen molar-refractivity contribution in [3.63, 3.8) is 0 Å². The first-order valence-corrected chi connectivity index (χ1v) is 9.72. The van der Waals surface area contributed by atoms with Crippen LogP contribution in [0.25, 0.3) is 0 Å². The molecule has 0 bridgehead atoms. The van der Waals surface area contributed by atoms with Crippen LogP contribution in [-0.4, -0.2) is 34.2 Å². The van der Waals surface area contributed by atoms with Crippen LogP contribution in [0.2, 0.25) is 0 Å². The van der Waals surface area contributed by atoms with Crippen molar-refractivity contribution in [3.8, 4) is 0 Å².